The Morgan fingerprint density at radius 2 is 1.64 bits per heavy atom. The fraction of sp³-hybridized carbons (Fsp3) is 0.222. The van der Waals surface area contributed by atoms with Gasteiger partial charge in [-0.1, -0.05) is 24.3 Å². The maximum absolute atomic E-state index is 13.0. The first-order valence-electron chi connectivity index (χ1n) is 7.33. The number of carbonyl (C=O) groups is 2. The number of rotatable bonds is 4. The molecular weight excluding hydrogens is 335 g/mol. The van der Waals surface area contributed by atoms with Crippen molar-refractivity contribution >= 4 is 11.9 Å². The Bertz CT molecular complexity index is 770. The normalized spacial score (nSPS) is 11.1. The summed E-state index contributed by atoms with van der Waals surface area (Å²) in [4.78, 5) is 25.0. The predicted molar refractivity (Wildman–Crippen MR) is 85.0 cm³/mol. The van der Waals surface area contributed by atoms with Crippen LogP contribution in [0.4, 0.5) is 13.2 Å². The van der Waals surface area contributed by atoms with Crippen LogP contribution in [0.1, 0.15) is 31.8 Å². The lowest BCUT2D eigenvalue weighted by Crippen LogP contribution is -2.28. The zero-order valence-corrected chi connectivity index (χ0v) is 13.6. The summed E-state index contributed by atoms with van der Waals surface area (Å²) >= 11 is 0. The van der Waals surface area contributed by atoms with Crippen molar-refractivity contribution in [2.24, 2.45) is 0 Å². The van der Waals surface area contributed by atoms with Gasteiger partial charge in [-0.25, -0.2) is 4.79 Å². The van der Waals surface area contributed by atoms with Gasteiger partial charge in [-0.2, -0.15) is 13.2 Å². The molecule has 2 rings (SSSR count). The first-order chi connectivity index (χ1) is 11.7. The van der Waals surface area contributed by atoms with E-state index in [1.807, 2.05) is 0 Å². The molecule has 0 saturated heterocycles. The van der Waals surface area contributed by atoms with Gasteiger partial charge in [0.25, 0.3) is 5.91 Å². The van der Waals surface area contributed by atoms with E-state index in [-0.39, 0.29) is 6.54 Å². The molecule has 0 bridgehead atoms. The average molecular weight is 351 g/mol. The molecule has 0 aliphatic rings. The SMILES string of the molecule is COC(=O)c1ccc(CN(C)C(=O)c2ccccc2C(F)(F)F)cc1. The third kappa shape index (κ3) is 4.37. The minimum atomic E-state index is -4.60. The van der Waals surface area contributed by atoms with Crippen molar-refractivity contribution in [2.75, 3.05) is 14.2 Å². The number of esters is 1. The van der Waals surface area contributed by atoms with E-state index in [1.54, 1.807) is 12.1 Å². The summed E-state index contributed by atoms with van der Waals surface area (Å²) in [5, 5.41) is 0. The molecule has 2 aromatic rings. The topological polar surface area (TPSA) is 46.6 Å². The standard InChI is InChI=1S/C18H16F3NO3/c1-22(11-12-7-9-13(10-8-12)17(24)25-2)16(23)14-5-3-4-6-15(14)18(19,20)21/h3-10H,11H2,1-2H3. The van der Waals surface area contributed by atoms with E-state index in [2.05, 4.69) is 4.74 Å². The smallest absolute Gasteiger partial charge is 0.417 e. The molecule has 0 unspecified atom stereocenters. The molecule has 0 aliphatic carbocycles. The minimum Gasteiger partial charge on any atom is -0.465 e. The maximum Gasteiger partial charge on any atom is 0.417 e. The second kappa shape index (κ2) is 7.38. The number of hydrogen-bond donors (Lipinski definition) is 0. The first kappa shape index (κ1) is 18.5. The first-order valence-corrected chi connectivity index (χ1v) is 7.33. The molecule has 1 amide bonds. The molecule has 0 saturated carbocycles. The van der Waals surface area contributed by atoms with Crippen molar-refractivity contribution in [1.29, 1.82) is 0 Å². The monoisotopic (exact) mass is 351 g/mol. The number of alkyl halides is 3. The number of ether oxygens (including phenoxy) is 1. The predicted octanol–water partition coefficient (Wildman–Crippen LogP) is 3.76. The highest BCUT2D eigenvalue weighted by Crippen LogP contribution is 2.32. The highest BCUT2D eigenvalue weighted by atomic mass is 19.4. The van der Waals surface area contributed by atoms with Crippen molar-refractivity contribution in [2.45, 2.75) is 12.7 Å². The highest BCUT2D eigenvalue weighted by Gasteiger charge is 2.35. The minimum absolute atomic E-state index is 0.104. The van der Waals surface area contributed by atoms with E-state index in [9.17, 15) is 22.8 Å². The second-order valence-corrected chi connectivity index (χ2v) is 5.39. The molecule has 0 aromatic heterocycles. The summed E-state index contributed by atoms with van der Waals surface area (Å²) in [5.41, 5.74) is -0.341. The molecule has 25 heavy (non-hydrogen) atoms. The lowest BCUT2D eigenvalue weighted by atomic mass is 10.1. The summed E-state index contributed by atoms with van der Waals surface area (Å²) in [5.74, 6) is -1.22. The number of amides is 1. The van der Waals surface area contributed by atoms with E-state index in [0.717, 1.165) is 12.1 Å². The summed E-state index contributed by atoms with van der Waals surface area (Å²) in [6.07, 6.45) is -4.60. The lowest BCUT2D eigenvalue weighted by Gasteiger charge is -2.20. The van der Waals surface area contributed by atoms with E-state index in [0.29, 0.717) is 11.1 Å². The fourth-order valence-corrected chi connectivity index (χ4v) is 2.33. The van der Waals surface area contributed by atoms with Crippen LogP contribution in [0.15, 0.2) is 48.5 Å². The van der Waals surface area contributed by atoms with Gasteiger partial charge in [-0.3, -0.25) is 4.79 Å². The van der Waals surface area contributed by atoms with Crippen molar-refractivity contribution in [3.8, 4) is 0 Å². The van der Waals surface area contributed by atoms with Crippen LogP contribution in [0, 0.1) is 0 Å². The Morgan fingerprint density at radius 1 is 1.04 bits per heavy atom. The van der Waals surface area contributed by atoms with Gasteiger partial charge in [0.15, 0.2) is 0 Å². The number of hydrogen-bond acceptors (Lipinski definition) is 3. The fourth-order valence-electron chi connectivity index (χ4n) is 2.33. The van der Waals surface area contributed by atoms with E-state index in [4.69, 9.17) is 0 Å². The zero-order chi connectivity index (χ0) is 18.6. The quantitative estimate of drug-likeness (QED) is 0.788. The van der Waals surface area contributed by atoms with Crippen LogP contribution in [0.25, 0.3) is 0 Å². The van der Waals surface area contributed by atoms with Crippen LogP contribution >= 0.6 is 0 Å². The van der Waals surface area contributed by atoms with Crippen LogP contribution < -0.4 is 0 Å². The molecular formula is C18H16F3NO3. The van der Waals surface area contributed by atoms with Gasteiger partial charge in [0.05, 0.1) is 23.8 Å². The molecule has 0 N–H and O–H groups in total. The summed E-state index contributed by atoms with van der Waals surface area (Å²) in [7, 11) is 2.69. The molecule has 0 spiro atoms. The summed E-state index contributed by atoms with van der Waals surface area (Å²) < 4.78 is 43.7. The molecule has 4 nitrogen and oxygen atoms in total. The van der Waals surface area contributed by atoms with Crippen molar-refractivity contribution in [3.63, 3.8) is 0 Å². The Morgan fingerprint density at radius 3 is 2.20 bits per heavy atom. The van der Waals surface area contributed by atoms with Gasteiger partial charge in [0, 0.05) is 13.6 Å². The molecule has 0 radical (unpaired) electrons. The largest absolute Gasteiger partial charge is 0.465 e. The Hall–Kier alpha value is -2.83. The lowest BCUT2D eigenvalue weighted by molar-refractivity contribution is -0.138. The van der Waals surface area contributed by atoms with E-state index < -0.39 is 29.2 Å². The number of nitrogens with zero attached hydrogens (tertiary/aromatic N) is 1. The maximum atomic E-state index is 13.0. The average Bonchev–Trinajstić information content (AvgIpc) is 2.60. The molecule has 7 heteroatoms. The highest BCUT2D eigenvalue weighted by molar-refractivity contribution is 5.95. The van der Waals surface area contributed by atoms with Gasteiger partial charge in [0.1, 0.15) is 0 Å². The third-order valence-electron chi connectivity index (χ3n) is 3.60. The molecule has 0 fully saturated rings. The summed E-state index contributed by atoms with van der Waals surface area (Å²) in [6, 6.07) is 11.0. The number of benzene rings is 2. The number of carbonyl (C=O) groups excluding carboxylic acids is 2. The van der Waals surface area contributed by atoms with Crippen molar-refractivity contribution in [3.05, 3.63) is 70.8 Å². The van der Waals surface area contributed by atoms with Crippen LogP contribution in [-0.2, 0) is 17.5 Å². The Labute approximate surface area is 142 Å². The summed E-state index contributed by atoms with van der Waals surface area (Å²) in [6.45, 7) is 0.104. The van der Waals surface area contributed by atoms with Gasteiger partial charge in [-0.05, 0) is 29.8 Å². The van der Waals surface area contributed by atoms with E-state index >= 15 is 0 Å². The Kier molecular flexibility index (Phi) is 5.46. The number of methoxy groups -OCH3 is 1. The van der Waals surface area contributed by atoms with Crippen LogP contribution in [0.5, 0.6) is 0 Å². The second-order valence-electron chi connectivity index (χ2n) is 5.39. The molecule has 0 atom stereocenters. The van der Waals surface area contributed by atoms with Gasteiger partial charge >= 0.3 is 12.1 Å². The van der Waals surface area contributed by atoms with Crippen LogP contribution in [-0.4, -0.2) is 30.9 Å². The Balaban J connectivity index is 2.18. The van der Waals surface area contributed by atoms with Crippen molar-refractivity contribution < 1.29 is 27.5 Å². The van der Waals surface area contributed by atoms with Crippen molar-refractivity contribution in [1.82, 2.24) is 4.90 Å². The molecule has 0 aliphatic heterocycles. The van der Waals surface area contributed by atoms with Gasteiger partial charge in [-0.15, -0.1) is 0 Å². The zero-order valence-electron chi connectivity index (χ0n) is 13.6. The van der Waals surface area contributed by atoms with Crippen LogP contribution in [0.3, 0.4) is 0 Å². The number of halogens is 3. The van der Waals surface area contributed by atoms with Gasteiger partial charge < -0.3 is 9.64 Å². The molecule has 132 valence electrons. The van der Waals surface area contributed by atoms with E-state index in [1.165, 1.54) is 43.3 Å². The molecule has 0 heterocycles. The third-order valence-corrected chi connectivity index (χ3v) is 3.60. The van der Waals surface area contributed by atoms with Gasteiger partial charge in [0.2, 0.25) is 0 Å². The molecule has 2 aromatic carbocycles. The van der Waals surface area contributed by atoms with Crippen LogP contribution in [0.2, 0.25) is 0 Å².